The minimum atomic E-state index is -0.316. The number of para-hydroxylation sites is 1. The van der Waals surface area contributed by atoms with Crippen molar-refractivity contribution >= 4 is 40.3 Å². The van der Waals surface area contributed by atoms with Crippen LogP contribution >= 0.6 is 24.0 Å². The fourth-order valence-electron chi connectivity index (χ4n) is 3.87. The number of halogens is 1. The molecule has 1 fully saturated rings. The van der Waals surface area contributed by atoms with Crippen LogP contribution in [-0.4, -0.2) is 24.9 Å². The van der Waals surface area contributed by atoms with E-state index in [0.717, 1.165) is 22.4 Å². The van der Waals surface area contributed by atoms with E-state index in [9.17, 15) is 9.18 Å². The molecule has 1 aliphatic heterocycles. The first-order valence-corrected chi connectivity index (χ1v) is 12.0. The molecular formula is C27H20FN3OS2. The van der Waals surface area contributed by atoms with Crippen molar-refractivity contribution in [3.63, 3.8) is 0 Å². The van der Waals surface area contributed by atoms with Crippen molar-refractivity contribution in [1.82, 2.24) is 14.7 Å². The maximum Gasteiger partial charge on any atom is 0.266 e. The number of hydrogen-bond donors (Lipinski definition) is 0. The molecule has 3 aromatic carbocycles. The van der Waals surface area contributed by atoms with Gasteiger partial charge in [-0.1, -0.05) is 72.5 Å². The summed E-state index contributed by atoms with van der Waals surface area (Å²) in [6.07, 6.45) is 3.70. The quantitative estimate of drug-likeness (QED) is 0.235. The van der Waals surface area contributed by atoms with Crippen LogP contribution in [0.2, 0.25) is 0 Å². The third-order valence-electron chi connectivity index (χ3n) is 5.66. The molecule has 4 nitrogen and oxygen atoms in total. The second-order valence-electron chi connectivity index (χ2n) is 7.86. The summed E-state index contributed by atoms with van der Waals surface area (Å²) < 4.78 is 15.8. The molecule has 1 saturated heterocycles. The smallest absolute Gasteiger partial charge is 0.266 e. The summed E-state index contributed by atoms with van der Waals surface area (Å²) in [5.41, 5.74) is 4.07. The van der Waals surface area contributed by atoms with Gasteiger partial charge in [-0.05, 0) is 55.0 Å². The Hall–Kier alpha value is -3.55. The fraction of sp³-hybridized carbons (Fsp3) is 0.0741. The highest BCUT2D eigenvalue weighted by Gasteiger charge is 2.36. The normalized spacial score (nSPS) is 15.8. The Bertz CT molecular complexity index is 1380. The molecule has 0 spiro atoms. The zero-order chi connectivity index (χ0) is 23.7. The average Bonchev–Trinajstić information content (AvgIpc) is 3.41. The lowest BCUT2D eigenvalue weighted by Gasteiger charge is -2.23. The van der Waals surface area contributed by atoms with E-state index in [1.807, 2.05) is 79.9 Å². The predicted octanol–water partition coefficient (Wildman–Crippen LogP) is 6.64. The molecule has 1 amide bonds. The fourth-order valence-corrected chi connectivity index (χ4v) is 5.28. The van der Waals surface area contributed by atoms with Gasteiger partial charge in [0.1, 0.15) is 10.1 Å². The first-order chi connectivity index (χ1) is 16.5. The van der Waals surface area contributed by atoms with Gasteiger partial charge in [0.25, 0.3) is 5.91 Å². The first-order valence-electron chi connectivity index (χ1n) is 10.7. The van der Waals surface area contributed by atoms with Gasteiger partial charge in [0.15, 0.2) is 0 Å². The molecule has 7 heteroatoms. The van der Waals surface area contributed by atoms with Gasteiger partial charge in [-0.2, -0.15) is 5.10 Å². The van der Waals surface area contributed by atoms with Crippen LogP contribution in [0.5, 0.6) is 0 Å². The lowest BCUT2D eigenvalue weighted by atomic mass is 10.1. The number of carbonyl (C=O) groups excluding carboxylic acids is 1. The van der Waals surface area contributed by atoms with Gasteiger partial charge in [-0.25, -0.2) is 9.07 Å². The second-order valence-corrected chi connectivity index (χ2v) is 9.53. The maximum atomic E-state index is 13.5. The van der Waals surface area contributed by atoms with E-state index in [1.54, 1.807) is 21.7 Å². The Labute approximate surface area is 206 Å². The average molecular weight is 486 g/mol. The van der Waals surface area contributed by atoms with Crippen LogP contribution in [0.15, 0.2) is 96.0 Å². The summed E-state index contributed by atoms with van der Waals surface area (Å²) in [5.74, 6) is -0.451. The standard InChI is InChI=1S/C27H20FN3OS2/c1-18(19-8-4-2-5-9-19)31-26(32)24(34-27(31)33)16-21-17-30(23-10-6-3-7-11-23)29-25(21)20-12-14-22(28)15-13-20/h2-18H,1H3/b24-16-/t18-/m0/s1. The van der Waals surface area contributed by atoms with Crippen LogP contribution in [0.4, 0.5) is 4.39 Å². The van der Waals surface area contributed by atoms with E-state index in [0.29, 0.717) is 14.9 Å². The monoisotopic (exact) mass is 485 g/mol. The summed E-state index contributed by atoms with van der Waals surface area (Å²) in [7, 11) is 0. The van der Waals surface area contributed by atoms with Crippen molar-refractivity contribution in [2.75, 3.05) is 0 Å². The van der Waals surface area contributed by atoms with Crippen LogP contribution in [0.25, 0.3) is 23.0 Å². The molecule has 34 heavy (non-hydrogen) atoms. The van der Waals surface area contributed by atoms with Crippen molar-refractivity contribution in [2.45, 2.75) is 13.0 Å². The molecule has 4 aromatic rings. The Morgan fingerprint density at radius 1 is 0.971 bits per heavy atom. The molecule has 1 aliphatic rings. The molecule has 0 radical (unpaired) electrons. The van der Waals surface area contributed by atoms with Crippen LogP contribution in [-0.2, 0) is 4.79 Å². The molecule has 0 unspecified atom stereocenters. The van der Waals surface area contributed by atoms with Gasteiger partial charge in [-0.15, -0.1) is 0 Å². The van der Waals surface area contributed by atoms with Gasteiger partial charge < -0.3 is 0 Å². The highest BCUT2D eigenvalue weighted by Crippen LogP contribution is 2.39. The Morgan fingerprint density at radius 2 is 1.62 bits per heavy atom. The lowest BCUT2D eigenvalue weighted by molar-refractivity contribution is -0.123. The summed E-state index contributed by atoms with van der Waals surface area (Å²) in [5, 5.41) is 4.75. The van der Waals surface area contributed by atoms with Crippen LogP contribution in [0.3, 0.4) is 0 Å². The predicted molar refractivity (Wildman–Crippen MR) is 139 cm³/mol. The van der Waals surface area contributed by atoms with Gasteiger partial charge in [0, 0.05) is 17.3 Å². The summed E-state index contributed by atoms with van der Waals surface area (Å²) in [4.78, 5) is 15.6. The van der Waals surface area contributed by atoms with Gasteiger partial charge in [0.05, 0.1) is 22.3 Å². The number of carbonyl (C=O) groups is 1. The number of amides is 1. The van der Waals surface area contributed by atoms with Crippen LogP contribution in [0, 0.1) is 5.82 Å². The van der Waals surface area contributed by atoms with Crippen molar-refractivity contribution in [1.29, 1.82) is 0 Å². The van der Waals surface area contributed by atoms with Gasteiger partial charge in [-0.3, -0.25) is 9.69 Å². The Kier molecular flexibility index (Phi) is 6.13. The minimum absolute atomic E-state index is 0.135. The van der Waals surface area contributed by atoms with E-state index >= 15 is 0 Å². The van der Waals surface area contributed by atoms with Gasteiger partial charge in [0.2, 0.25) is 0 Å². The highest BCUT2D eigenvalue weighted by atomic mass is 32.2. The molecule has 0 N–H and O–H groups in total. The first kappa shape index (κ1) is 22.3. The van der Waals surface area contributed by atoms with E-state index < -0.39 is 0 Å². The van der Waals surface area contributed by atoms with Gasteiger partial charge >= 0.3 is 0 Å². The van der Waals surface area contributed by atoms with E-state index in [2.05, 4.69) is 0 Å². The zero-order valence-electron chi connectivity index (χ0n) is 18.3. The highest BCUT2D eigenvalue weighted by molar-refractivity contribution is 8.26. The molecule has 0 bridgehead atoms. The number of aromatic nitrogens is 2. The second kappa shape index (κ2) is 9.37. The lowest BCUT2D eigenvalue weighted by Crippen LogP contribution is -2.30. The summed E-state index contributed by atoms with van der Waals surface area (Å²) in [6.45, 7) is 1.97. The minimum Gasteiger partial charge on any atom is -0.286 e. The summed E-state index contributed by atoms with van der Waals surface area (Å²) >= 11 is 6.86. The Morgan fingerprint density at radius 3 is 2.29 bits per heavy atom. The molecule has 168 valence electrons. The SMILES string of the molecule is C[C@@H](c1ccccc1)N1C(=O)/C(=C/c2cn(-c3ccccc3)nc2-c2ccc(F)cc2)SC1=S. The van der Waals surface area contributed by atoms with Crippen molar-refractivity contribution < 1.29 is 9.18 Å². The zero-order valence-corrected chi connectivity index (χ0v) is 19.9. The van der Waals surface area contributed by atoms with Crippen LogP contribution in [0.1, 0.15) is 24.1 Å². The molecule has 0 aliphatic carbocycles. The number of nitrogens with zero attached hydrogens (tertiary/aromatic N) is 3. The molecule has 0 saturated carbocycles. The van der Waals surface area contributed by atoms with Crippen molar-refractivity contribution in [3.05, 3.63) is 113 Å². The number of benzene rings is 3. The number of thiocarbonyl (C=S) groups is 1. The van der Waals surface area contributed by atoms with E-state index in [-0.39, 0.29) is 17.8 Å². The molecule has 2 heterocycles. The number of thioether (sulfide) groups is 1. The molecule has 5 rings (SSSR count). The van der Waals surface area contributed by atoms with Crippen molar-refractivity contribution in [2.24, 2.45) is 0 Å². The largest absolute Gasteiger partial charge is 0.286 e. The number of hydrogen-bond acceptors (Lipinski definition) is 4. The molecule has 1 atom stereocenters. The molecule has 1 aromatic heterocycles. The summed E-state index contributed by atoms with van der Waals surface area (Å²) in [6, 6.07) is 25.5. The topological polar surface area (TPSA) is 38.1 Å². The third-order valence-corrected chi connectivity index (χ3v) is 6.99. The van der Waals surface area contributed by atoms with E-state index in [1.165, 1.54) is 23.9 Å². The molecular weight excluding hydrogens is 465 g/mol. The maximum absolute atomic E-state index is 13.5. The number of rotatable bonds is 5. The van der Waals surface area contributed by atoms with E-state index in [4.69, 9.17) is 17.3 Å². The van der Waals surface area contributed by atoms with Crippen molar-refractivity contribution in [3.8, 4) is 16.9 Å². The van der Waals surface area contributed by atoms with Crippen LogP contribution < -0.4 is 0 Å². The third kappa shape index (κ3) is 4.32. The Balaban J connectivity index is 1.54.